The number of carbonyl (C=O) groups is 1. The van der Waals surface area contributed by atoms with E-state index in [0.29, 0.717) is 30.3 Å². The number of hydrogen-bond donors (Lipinski definition) is 1. The van der Waals surface area contributed by atoms with Crippen molar-refractivity contribution in [2.24, 2.45) is 5.92 Å². The van der Waals surface area contributed by atoms with Crippen molar-refractivity contribution in [3.63, 3.8) is 0 Å². The van der Waals surface area contributed by atoms with Crippen molar-refractivity contribution < 1.29 is 26.4 Å². The lowest BCUT2D eigenvalue weighted by Gasteiger charge is -2.44. The minimum atomic E-state index is -4.49. The van der Waals surface area contributed by atoms with Crippen molar-refractivity contribution >= 4 is 26.8 Å². The number of alkyl halides is 3. The van der Waals surface area contributed by atoms with Crippen LogP contribution in [0.25, 0.3) is 10.9 Å². The van der Waals surface area contributed by atoms with Crippen LogP contribution >= 0.6 is 0 Å². The van der Waals surface area contributed by atoms with Crippen LogP contribution in [0.3, 0.4) is 0 Å². The van der Waals surface area contributed by atoms with Gasteiger partial charge in [-0.1, -0.05) is 44.2 Å². The first-order chi connectivity index (χ1) is 18.4. The van der Waals surface area contributed by atoms with Crippen LogP contribution in [0.4, 0.5) is 13.2 Å². The molecule has 5 rings (SSSR count). The molecule has 0 saturated carbocycles. The Bertz CT molecular complexity index is 1480. The number of carbonyl (C=O) groups excluding carboxylic acids is 1. The number of rotatable bonds is 6. The minimum Gasteiger partial charge on any atom is -0.319 e. The fraction of sp³-hybridized carbons (Fsp3) is 0.429. The Labute approximate surface area is 226 Å². The van der Waals surface area contributed by atoms with Crippen LogP contribution in [0, 0.1) is 5.92 Å². The molecule has 39 heavy (non-hydrogen) atoms. The Balaban J connectivity index is 1.42. The van der Waals surface area contributed by atoms with Crippen LogP contribution in [0.5, 0.6) is 0 Å². The van der Waals surface area contributed by atoms with Crippen LogP contribution in [0.2, 0.25) is 0 Å². The van der Waals surface area contributed by atoms with Gasteiger partial charge in [-0.15, -0.1) is 0 Å². The summed E-state index contributed by atoms with van der Waals surface area (Å²) in [6.07, 6.45) is -1.74. The van der Waals surface area contributed by atoms with Gasteiger partial charge in [-0.3, -0.25) is 15.1 Å². The normalized spacial score (nSPS) is 20.4. The number of para-hydroxylation sites is 1. The van der Waals surface area contributed by atoms with Crippen molar-refractivity contribution in [1.82, 2.24) is 19.5 Å². The molecule has 1 atom stereocenters. The number of sulfonamides is 1. The van der Waals surface area contributed by atoms with Crippen molar-refractivity contribution in [1.29, 1.82) is 0 Å². The number of nitrogens with one attached hydrogen (secondary N) is 1. The monoisotopic (exact) mass is 560 g/mol. The summed E-state index contributed by atoms with van der Waals surface area (Å²) < 4.78 is 68.8. The predicted molar refractivity (Wildman–Crippen MR) is 141 cm³/mol. The fourth-order valence-corrected chi connectivity index (χ4v) is 7.29. The second kappa shape index (κ2) is 10.2. The van der Waals surface area contributed by atoms with Crippen LogP contribution in [-0.4, -0.2) is 53.3 Å². The van der Waals surface area contributed by atoms with E-state index < -0.39 is 33.5 Å². The minimum absolute atomic E-state index is 0.00431. The van der Waals surface area contributed by atoms with Crippen molar-refractivity contribution in [2.45, 2.75) is 62.4 Å². The van der Waals surface area contributed by atoms with E-state index in [4.69, 9.17) is 0 Å². The summed E-state index contributed by atoms with van der Waals surface area (Å²) in [4.78, 5) is 19.6. The van der Waals surface area contributed by atoms with E-state index in [1.807, 2.05) is 13.8 Å². The first-order valence-corrected chi connectivity index (χ1v) is 14.4. The van der Waals surface area contributed by atoms with Crippen LogP contribution in [0.15, 0.2) is 65.7 Å². The fourth-order valence-electron chi connectivity index (χ4n) is 5.69. The largest absolute Gasteiger partial charge is 0.416 e. The number of pyridine rings is 1. The zero-order valence-electron chi connectivity index (χ0n) is 21.8. The molecule has 1 N–H and O–H groups in total. The summed E-state index contributed by atoms with van der Waals surface area (Å²) in [7, 11) is -3.86. The van der Waals surface area contributed by atoms with E-state index in [1.54, 1.807) is 47.5 Å². The number of fused-ring (bicyclic) bond motifs is 1. The molecule has 208 valence electrons. The van der Waals surface area contributed by atoms with Gasteiger partial charge in [-0.2, -0.15) is 17.5 Å². The molecule has 1 aromatic heterocycles. The van der Waals surface area contributed by atoms with Gasteiger partial charge in [0.2, 0.25) is 15.9 Å². The molecule has 2 aliphatic rings. The molecule has 1 unspecified atom stereocenters. The highest BCUT2D eigenvalue weighted by Gasteiger charge is 2.52. The van der Waals surface area contributed by atoms with Crippen molar-refractivity contribution in [2.75, 3.05) is 13.1 Å². The molecule has 1 spiro atoms. The summed E-state index contributed by atoms with van der Waals surface area (Å²) in [6, 6.07) is 13.1. The summed E-state index contributed by atoms with van der Waals surface area (Å²) in [6.45, 7) is 4.32. The molecule has 7 nitrogen and oxygen atoms in total. The van der Waals surface area contributed by atoms with Crippen LogP contribution in [-0.2, 0) is 27.5 Å². The molecular weight excluding hydrogens is 529 g/mol. The number of aromatic nitrogens is 1. The standard InChI is InChI=1S/C28H31F3N4O3S/c1-19(2)16-23-26(36)35(18-20-6-3-9-22(17-20)28(29,30)31)27(33-23)11-14-34(15-12-27)39(37,38)24-10-4-7-21-8-5-13-32-25(21)24/h3-10,13,17,19,23,33H,11-12,14-16,18H2,1-2H3. The zero-order valence-corrected chi connectivity index (χ0v) is 22.6. The third-order valence-corrected chi connectivity index (χ3v) is 9.52. The first-order valence-electron chi connectivity index (χ1n) is 13.0. The zero-order chi connectivity index (χ0) is 28.0. The predicted octanol–water partition coefficient (Wildman–Crippen LogP) is 4.78. The molecule has 0 radical (unpaired) electrons. The third kappa shape index (κ3) is 5.27. The highest BCUT2D eigenvalue weighted by Crippen LogP contribution is 2.38. The van der Waals surface area contributed by atoms with E-state index in [9.17, 15) is 26.4 Å². The molecule has 0 bridgehead atoms. The number of piperidine rings is 1. The quantitative estimate of drug-likeness (QED) is 0.469. The Kier molecular flexibility index (Phi) is 7.19. The van der Waals surface area contributed by atoms with E-state index in [2.05, 4.69) is 10.3 Å². The average Bonchev–Trinajstić information content (AvgIpc) is 3.13. The van der Waals surface area contributed by atoms with Gasteiger partial charge in [0.25, 0.3) is 0 Å². The summed E-state index contributed by atoms with van der Waals surface area (Å²) in [5.41, 5.74) is -0.843. The van der Waals surface area contributed by atoms with E-state index in [1.165, 1.54) is 10.4 Å². The number of nitrogens with zero attached hydrogens (tertiary/aromatic N) is 3. The molecule has 2 fully saturated rings. The van der Waals surface area contributed by atoms with Gasteiger partial charge < -0.3 is 4.90 Å². The van der Waals surface area contributed by atoms with Gasteiger partial charge in [0, 0.05) is 31.2 Å². The molecule has 2 saturated heterocycles. The second-order valence-corrected chi connectivity index (χ2v) is 12.6. The summed E-state index contributed by atoms with van der Waals surface area (Å²) >= 11 is 0. The molecular formula is C28H31F3N4O3S. The Morgan fingerprint density at radius 3 is 2.46 bits per heavy atom. The highest BCUT2D eigenvalue weighted by molar-refractivity contribution is 7.89. The number of hydrogen-bond acceptors (Lipinski definition) is 5. The van der Waals surface area contributed by atoms with Gasteiger partial charge in [0.15, 0.2) is 0 Å². The maximum Gasteiger partial charge on any atom is 0.416 e. The van der Waals surface area contributed by atoms with Crippen LogP contribution < -0.4 is 5.32 Å². The van der Waals surface area contributed by atoms with Crippen molar-refractivity contribution in [3.05, 3.63) is 71.9 Å². The van der Waals surface area contributed by atoms with Gasteiger partial charge in [0.1, 0.15) is 4.90 Å². The van der Waals surface area contributed by atoms with E-state index >= 15 is 0 Å². The molecule has 3 aromatic rings. The molecule has 11 heteroatoms. The van der Waals surface area contributed by atoms with Crippen LogP contribution in [0.1, 0.15) is 44.2 Å². The molecule has 1 amide bonds. The lowest BCUT2D eigenvalue weighted by atomic mass is 9.96. The molecule has 2 aromatic carbocycles. The molecule has 3 heterocycles. The Morgan fingerprint density at radius 2 is 1.77 bits per heavy atom. The lowest BCUT2D eigenvalue weighted by molar-refractivity contribution is -0.137. The smallest absolute Gasteiger partial charge is 0.319 e. The number of amides is 1. The maximum absolute atomic E-state index is 13.7. The summed E-state index contributed by atoms with van der Waals surface area (Å²) in [5, 5.41) is 4.19. The maximum atomic E-state index is 13.7. The SMILES string of the molecule is CC(C)CC1NC2(CCN(S(=O)(=O)c3cccc4cccnc34)CC2)N(Cc2cccc(C(F)(F)F)c2)C1=O. The van der Waals surface area contributed by atoms with Gasteiger partial charge >= 0.3 is 6.18 Å². The van der Waals surface area contributed by atoms with Gasteiger partial charge in [-0.25, -0.2) is 8.42 Å². The van der Waals surface area contributed by atoms with E-state index in [0.717, 1.165) is 17.5 Å². The second-order valence-electron chi connectivity index (χ2n) is 10.7. The van der Waals surface area contributed by atoms with Gasteiger partial charge in [0.05, 0.1) is 22.8 Å². The Hall–Kier alpha value is -3.02. The Morgan fingerprint density at radius 1 is 1.08 bits per heavy atom. The van der Waals surface area contributed by atoms with Gasteiger partial charge in [-0.05, 0) is 55.0 Å². The lowest BCUT2D eigenvalue weighted by Crippen LogP contribution is -2.59. The third-order valence-electron chi connectivity index (χ3n) is 7.59. The topological polar surface area (TPSA) is 82.6 Å². The van der Waals surface area contributed by atoms with Crippen molar-refractivity contribution in [3.8, 4) is 0 Å². The summed E-state index contributed by atoms with van der Waals surface area (Å²) in [5.74, 6) is 0.0482. The highest BCUT2D eigenvalue weighted by atomic mass is 32.2. The molecule has 2 aliphatic heterocycles. The number of benzene rings is 2. The van der Waals surface area contributed by atoms with E-state index in [-0.39, 0.29) is 36.4 Å². The molecule has 0 aliphatic carbocycles. The average molecular weight is 561 g/mol. The number of halogens is 3. The first kappa shape index (κ1) is 27.5.